The summed E-state index contributed by atoms with van der Waals surface area (Å²) in [5.41, 5.74) is 1.33. The quantitative estimate of drug-likeness (QED) is 0.864. The highest BCUT2D eigenvalue weighted by Crippen LogP contribution is 2.37. The van der Waals surface area contributed by atoms with Gasteiger partial charge in [-0.15, -0.1) is 0 Å². The molecule has 1 aromatic rings. The zero-order valence-electron chi connectivity index (χ0n) is 13.0. The molecule has 2 heterocycles. The number of hydrogen-bond acceptors (Lipinski definition) is 4. The highest BCUT2D eigenvalue weighted by molar-refractivity contribution is 5.76. The van der Waals surface area contributed by atoms with Crippen molar-refractivity contribution in [2.24, 2.45) is 5.92 Å². The van der Waals surface area contributed by atoms with E-state index in [4.69, 9.17) is 4.74 Å². The molecule has 2 bridgehead atoms. The van der Waals surface area contributed by atoms with Crippen molar-refractivity contribution in [3.8, 4) is 0 Å². The molecule has 0 aliphatic carbocycles. The Morgan fingerprint density at radius 1 is 1.38 bits per heavy atom. The maximum atomic E-state index is 11.9. The molecule has 3 rings (SSSR count). The van der Waals surface area contributed by atoms with Gasteiger partial charge in [-0.1, -0.05) is 30.3 Å². The second kappa shape index (κ2) is 5.78. The van der Waals surface area contributed by atoms with Gasteiger partial charge in [0, 0.05) is 30.6 Å². The highest BCUT2D eigenvalue weighted by atomic mass is 16.5. The number of ether oxygens (including phenoxy) is 1. The lowest BCUT2D eigenvalue weighted by Crippen LogP contribution is -2.48. The van der Waals surface area contributed by atoms with E-state index in [0.29, 0.717) is 24.0 Å². The molecule has 1 N–H and O–H groups in total. The average Bonchev–Trinajstić information content (AvgIpc) is 2.89. The summed E-state index contributed by atoms with van der Waals surface area (Å²) in [7, 11) is 1.47. The van der Waals surface area contributed by atoms with Crippen molar-refractivity contribution in [1.82, 2.24) is 10.2 Å². The van der Waals surface area contributed by atoms with Gasteiger partial charge in [0.15, 0.2) is 0 Å². The lowest BCUT2D eigenvalue weighted by molar-refractivity contribution is -0.144. The van der Waals surface area contributed by atoms with Gasteiger partial charge in [0.2, 0.25) is 0 Å². The molecule has 2 aliphatic rings. The van der Waals surface area contributed by atoms with Crippen LogP contribution >= 0.6 is 0 Å². The number of rotatable bonds is 3. The lowest BCUT2D eigenvalue weighted by atomic mass is 9.86. The van der Waals surface area contributed by atoms with Gasteiger partial charge >= 0.3 is 5.97 Å². The largest absolute Gasteiger partial charge is 0.468 e. The molecule has 2 saturated heterocycles. The molecule has 0 radical (unpaired) electrons. The van der Waals surface area contributed by atoms with Crippen LogP contribution in [0, 0.1) is 5.92 Å². The van der Waals surface area contributed by atoms with Crippen molar-refractivity contribution in [3.63, 3.8) is 0 Å². The molecule has 5 atom stereocenters. The van der Waals surface area contributed by atoms with Gasteiger partial charge in [0.1, 0.15) is 6.04 Å². The molecule has 2 aliphatic heterocycles. The number of piperidine rings is 1. The van der Waals surface area contributed by atoms with Crippen LogP contribution in [0.15, 0.2) is 30.3 Å². The summed E-state index contributed by atoms with van der Waals surface area (Å²) >= 11 is 0. The van der Waals surface area contributed by atoms with Crippen LogP contribution in [0.2, 0.25) is 0 Å². The van der Waals surface area contributed by atoms with Crippen molar-refractivity contribution in [2.45, 2.75) is 44.4 Å². The third-order valence-corrected chi connectivity index (χ3v) is 5.21. The maximum Gasteiger partial charge on any atom is 0.323 e. The van der Waals surface area contributed by atoms with Crippen LogP contribution in [-0.2, 0) is 9.53 Å². The number of esters is 1. The van der Waals surface area contributed by atoms with E-state index in [2.05, 4.69) is 48.3 Å². The standard InChI is InChI=1S/C17H24N2O2/c1-11(13-7-5-4-6-8-13)19-10-14-9-15(12(19)2)16(18-14)17(20)21-3/h4-8,11-12,14-16,18H,9-10H2,1-3H3/t11-,12?,14+,15-,16+/m0/s1. The van der Waals surface area contributed by atoms with E-state index in [1.165, 1.54) is 12.7 Å². The summed E-state index contributed by atoms with van der Waals surface area (Å²) in [6.45, 7) is 5.48. The van der Waals surface area contributed by atoms with Crippen LogP contribution in [0.4, 0.5) is 0 Å². The van der Waals surface area contributed by atoms with Crippen LogP contribution in [0.3, 0.4) is 0 Å². The normalized spacial score (nSPS) is 33.7. The Hall–Kier alpha value is -1.39. The van der Waals surface area contributed by atoms with Crippen LogP contribution in [0.25, 0.3) is 0 Å². The highest BCUT2D eigenvalue weighted by Gasteiger charge is 2.48. The number of likely N-dealkylation sites (tertiary alicyclic amines) is 1. The Kier molecular flexibility index (Phi) is 4.00. The number of carbonyl (C=O) groups excluding carboxylic acids is 1. The van der Waals surface area contributed by atoms with Gasteiger partial charge in [-0.25, -0.2) is 0 Å². The fraction of sp³-hybridized carbons (Fsp3) is 0.588. The summed E-state index contributed by atoms with van der Waals surface area (Å²) < 4.78 is 4.95. The van der Waals surface area contributed by atoms with Gasteiger partial charge in [-0.2, -0.15) is 0 Å². The molecule has 0 amide bonds. The van der Waals surface area contributed by atoms with E-state index in [1.807, 2.05) is 6.07 Å². The SMILES string of the molecule is COC(=O)[C@@H]1N[C@@H]2C[C@H]1C(C)N([C@@H](C)c1ccccc1)C2. The number of fused-ring (bicyclic) bond motifs is 2. The van der Waals surface area contributed by atoms with E-state index >= 15 is 0 Å². The zero-order valence-corrected chi connectivity index (χ0v) is 13.0. The van der Waals surface area contributed by atoms with Gasteiger partial charge < -0.3 is 10.1 Å². The molecule has 0 spiro atoms. The first kappa shape index (κ1) is 14.5. The van der Waals surface area contributed by atoms with Crippen LogP contribution in [0.1, 0.15) is 31.9 Å². The van der Waals surface area contributed by atoms with Gasteiger partial charge in [-0.3, -0.25) is 9.69 Å². The Balaban J connectivity index is 1.79. The van der Waals surface area contributed by atoms with Crippen molar-refractivity contribution in [2.75, 3.05) is 13.7 Å². The Morgan fingerprint density at radius 3 is 2.76 bits per heavy atom. The molecule has 2 fully saturated rings. The monoisotopic (exact) mass is 288 g/mol. The van der Waals surface area contributed by atoms with Crippen LogP contribution in [-0.4, -0.2) is 42.6 Å². The van der Waals surface area contributed by atoms with Crippen molar-refractivity contribution in [1.29, 1.82) is 0 Å². The topological polar surface area (TPSA) is 41.6 Å². The minimum Gasteiger partial charge on any atom is -0.468 e. The fourth-order valence-electron chi connectivity index (χ4n) is 3.98. The van der Waals surface area contributed by atoms with Crippen LogP contribution < -0.4 is 5.32 Å². The third kappa shape index (κ3) is 2.58. The second-order valence-corrected chi connectivity index (χ2v) is 6.29. The minimum atomic E-state index is -0.150. The van der Waals surface area contributed by atoms with E-state index in [1.54, 1.807) is 0 Å². The van der Waals surface area contributed by atoms with E-state index < -0.39 is 0 Å². The Labute approximate surface area is 126 Å². The number of hydrogen-bond donors (Lipinski definition) is 1. The minimum absolute atomic E-state index is 0.122. The first-order valence-electron chi connectivity index (χ1n) is 7.76. The lowest BCUT2D eigenvalue weighted by Gasteiger charge is -2.42. The molecule has 4 heteroatoms. The summed E-state index contributed by atoms with van der Waals surface area (Å²) in [5.74, 6) is 0.214. The van der Waals surface area contributed by atoms with Gasteiger partial charge in [-0.05, 0) is 25.8 Å². The molecule has 21 heavy (non-hydrogen) atoms. The van der Waals surface area contributed by atoms with Crippen LogP contribution in [0.5, 0.6) is 0 Å². The number of nitrogens with zero attached hydrogens (tertiary/aromatic N) is 1. The first-order chi connectivity index (χ1) is 10.1. The molecule has 1 aromatic carbocycles. The zero-order chi connectivity index (χ0) is 15.0. The summed E-state index contributed by atoms with van der Waals surface area (Å²) in [4.78, 5) is 14.5. The Bertz CT molecular complexity index is 505. The van der Waals surface area contributed by atoms with E-state index in [0.717, 1.165) is 13.0 Å². The van der Waals surface area contributed by atoms with E-state index in [-0.39, 0.29) is 12.0 Å². The summed E-state index contributed by atoms with van der Waals surface area (Å²) in [5, 5.41) is 3.45. The van der Waals surface area contributed by atoms with Gasteiger partial charge in [0.05, 0.1) is 7.11 Å². The van der Waals surface area contributed by atoms with E-state index in [9.17, 15) is 4.79 Å². The fourth-order valence-corrected chi connectivity index (χ4v) is 3.98. The first-order valence-corrected chi connectivity index (χ1v) is 7.76. The molecular formula is C17H24N2O2. The maximum absolute atomic E-state index is 11.9. The Morgan fingerprint density at radius 2 is 2.10 bits per heavy atom. The third-order valence-electron chi connectivity index (χ3n) is 5.21. The predicted octanol–water partition coefficient (Wildman–Crippen LogP) is 1.97. The summed E-state index contributed by atoms with van der Waals surface area (Å²) in [6.07, 6.45) is 1.07. The second-order valence-electron chi connectivity index (χ2n) is 6.29. The number of methoxy groups -OCH3 is 1. The summed E-state index contributed by atoms with van der Waals surface area (Å²) in [6, 6.07) is 11.6. The van der Waals surface area contributed by atoms with Crippen molar-refractivity contribution < 1.29 is 9.53 Å². The van der Waals surface area contributed by atoms with Crippen molar-refractivity contribution in [3.05, 3.63) is 35.9 Å². The average molecular weight is 288 g/mol. The molecule has 0 saturated carbocycles. The van der Waals surface area contributed by atoms with Crippen molar-refractivity contribution >= 4 is 5.97 Å². The smallest absolute Gasteiger partial charge is 0.323 e. The predicted molar refractivity (Wildman–Crippen MR) is 81.9 cm³/mol. The molecule has 114 valence electrons. The molecule has 0 aromatic heterocycles. The molecule has 4 nitrogen and oxygen atoms in total. The number of benzene rings is 1. The number of nitrogens with one attached hydrogen (secondary N) is 1. The van der Waals surface area contributed by atoms with Gasteiger partial charge in [0.25, 0.3) is 0 Å². The molecule has 1 unspecified atom stereocenters. The number of carbonyl (C=O) groups is 1. The molecular weight excluding hydrogens is 264 g/mol.